The minimum Gasteiger partial charge on any atom is -0.322 e. The third-order valence-corrected chi connectivity index (χ3v) is 5.34. The number of Topliss-reactive ketones (excluding diaryl/α,β-unsaturated/α-hetero) is 1. The second-order valence-corrected chi connectivity index (χ2v) is 7.77. The fourth-order valence-electron chi connectivity index (χ4n) is 2.54. The zero-order valence-electron chi connectivity index (χ0n) is 15.0. The second kappa shape index (κ2) is 8.06. The normalized spacial score (nSPS) is 10.9. The molecule has 0 aromatic heterocycles. The Morgan fingerprint density at radius 2 is 1.39 bits per heavy atom. The summed E-state index contributed by atoms with van der Waals surface area (Å²) >= 11 is 0. The lowest BCUT2D eigenvalue weighted by Gasteiger charge is -2.10. The molecule has 0 atom stereocenters. The van der Waals surface area contributed by atoms with E-state index in [1.165, 1.54) is 37.3 Å². The van der Waals surface area contributed by atoms with E-state index >= 15 is 0 Å². The van der Waals surface area contributed by atoms with Crippen LogP contribution in [0.3, 0.4) is 0 Å². The molecule has 0 aliphatic heterocycles. The van der Waals surface area contributed by atoms with E-state index in [0.29, 0.717) is 11.3 Å². The van der Waals surface area contributed by atoms with Crippen molar-refractivity contribution in [1.29, 1.82) is 0 Å². The molecule has 0 fully saturated rings. The van der Waals surface area contributed by atoms with Gasteiger partial charge in [0.05, 0.1) is 4.90 Å². The molecule has 7 heteroatoms. The fraction of sp³-hybridized carbons (Fsp3) is 0.0476. The molecule has 3 aromatic rings. The first-order valence-electron chi connectivity index (χ1n) is 8.45. The largest absolute Gasteiger partial charge is 0.322 e. The van der Waals surface area contributed by atoms with E-state index in [2.05, 4.69) is 10.0 Å². The summed E-state index contributed by atoms with van der Waals surface area (Å²) < 4.78 is 27.8. The Morgan fingerprint density at radius 1 is 0.750 bits per heavy atom. The molecule has 28 heavy (non-hydrogen) atoms. The molecule has 3 rings (SSSR count). The van der Waals surface area contributed by atoms with Crippen LogP contribution in [0.2, 0.25) is 0 Å². The van der Waals surface area contributed by atoms with E-state index in [-0.39, 0.29) is 21.9 Å². The molecule has 2 N–H and O–H groups in total. The van der Waals surface area contributed by atoms with Gasteiger partial charge < -0.3 is 5.32 Å². The third-order valence-electron chi connectivity index (χ3n) is 3.96. The van der Waals surface area contributed by atoms with Crippen molar-refractivity contribution >= 4 is 33.1 Å². The van der Waals surface area contributed by atoms with Crippen molar-refractivity contribution in [1.82, 2.24) is 0 Å². The Labute approximate surface area is 163 Å². The van der Waals surface area contributed by atoms with Gasteiger partial charge in [0, 0.05) is 22.5 Å². The van der Waals surface area contributed by atoms with Gasteiger partial charge in [-0.25, -0.2) is 8.42 Å². The molecule has 0 bridgehead atoms. The molecule has 142 valence electrons. The molecule has 0 saturated heterocycles. The first-order valence-corrected chi connectivity index (χ1v) is 9.94. The number of ketones is 1. The number of anilines is 2. The van der Waals surface area contributed by atoms with Gasteiger partial charge in [-0.3, -0.25) is 14.3 Å². The SMILES string of the molecule is CC(=O)c1cccc(NS(=O)(=O)c2cccc(C(=O)Nc3ccccc3)c2)c1. The number of sulfonamides is 1. The number of amides is 1. The van der Waals surface area contributed by atoms with Crippen molar-refractivity contribution in [2.45, 2.75) is 11.8 Å². The smallest absolute Gasteiger partial charge is 0.261 e. The van der Waals surface area contributed by atoms with Crippen LogP contribution < -0.4 is 10.0 Å². The zero-order chi connectivity index (χ0) is 20.1. The van der Waals surface area contributed by atoms with Crippen molar-refractivity contribution < 1.29 is 18.0 Å². The standard InChI is InChI=1S/C21H18N2O4S/c1-15(24)16-7-5-11-19(13-16)23-28(26,27)20-12-6-8-17(14-20)21(25)22-18-9-3-2-4-10-18/h2-14,23H,1H3,(H,22,25). The maximum absolute atomic E-state index is 12.7. The highest BCUT2D eigenvalue weighted by Crippen LogP contribution is 2.19. The maximum atomic E-state index is 12.7. The summed E-state index contributed by atoms with van der Waals surface area (Å²) in [7, 11) is -3.93. The Kier molecular flexibility index (Phi) is 5.56. The van der Waals surface area contributed by atoms with E-state index in [0.717, 1.165) is 0 Å². The number of para-hydroxylation sites is 1. The Hall–Kier alpha value is -3.45. The topological polar surface area (TPSA) is 92.3 Å². The van der Waals surface area contributed by atoms with Crippen molar-refractivity contribution in [3.8, 4) is 0 Å². The quantitative estimate of drug-likeness (QED) is 0.620. The summed E-state index contributed by atoms with van der Waals surface area (Å²) in [6, 6.07) is 20.8. The van der Waals surface area contributed by atoms with E-state index in [4.69, 9.17) is 0 Å². The van der Waals surface area contributed by atoms with Crippen LogP contribution in [0.25, 0.3) is 0 Å². The van der Waals surface area contributed by atoms with Gasteiger partial charge in [-0.1, -0.05) is 36.4 Å². The first kappa shape index (κ1) is 19.3. The van der Waals surface area contributed by atoms with Gasteiger partial charge in [0.2, 0.25) is 0 Å². The van der Waals surface area contributed by atoms with Gasteiger partial charge in [0.25, 0.3) is 15.9 Å². The van der Waals surface area contributed by atoms with Crippen LogP contribution in [0.15, 0.2) is 83.8 Å². The molecular weight excluding hydrogens is 376 g/mol. The molecule has 0 aliphatic carbocycles. The van der Waals surface area contributed by atoms with Crippen LogP contribution in [0.5, 0.6) is 0 Å². The molecule has 1 amide bonds. The van der Waals surface area contributed by atoms with E-state index in [1.54, 1.807) is 42.5 Å². The molecule has 0 unspecified atom stereocenters. The number of hydrogen-bond acceptors (Lipinski definition) is 4. The highest BCUT2D eigenvalue weighted by atomic mass is 32.2. The first-order chi connectivity index (χ1) is 13.3. The summed E-state index contributed by atoms with van der Waals surface area (Å²) in [5.74, 6) is -0.581. The van der Waals surface area contributed by atoms with Gasteiger partial charge in [-0.15, -0.1) is 0 Å². The molecular formula is C21H18N2O4S. The Balaban J connectivity index is 1.83. The summed E-state index contributed by atoms with van der Waals surface area (Å²) in [5, 5.41) is 2.71. The number of nitrogens with one attached hydrogen (secondary N) is 2. The van der Waals surface area contributed by atoms with Crippen LogP contribution in [0.1, 0.15) is 27.6 Å². The van der Waals surface area contributed by atoms with E-state index < -0.39 is 15.9 Å². The average molecular weight is 394 g/mol. The fourth-order valence-corrected chi connectivity index (χ4v) is 3.64. The Bertz CT molecular complexity index is 1130. The maximum Gasteiger partial charge on any atom is 0.261 e. The third kappa shape index (κ3) is 4.63. The molecule has 3 aromatic carbocycles. The van der Waals surface area contributed by atoms with Crippen LogP contribution >= 0.6 is 0 Å². The predicted octanol–water partition coefficient (Wildman–Crippen LogP) is 3.94. The van der Waals surface area contributed by atoms with Gasteiger partial charge in [0.15, 0.2) is 5.78 Å². The predicted molar refractivity (Wildman–Crippen MR) is 108 cm³/mol. The Morgan fingerprint density at radius 3 is 2.11 bits per heavy atom. The van der Waals surface area contributed by atoms with Crippen LogP contribution in [0.4, 0.5) is 11.4 Å². The number of hydrogen-bond donors (Lipinski definition) is 2. The molecule has 0 aliphatic rings. The van der Waals surface area contributed by atoms with Crippen LogP contribution in [0, 0.1) is 0 Å². The van der Waals surface area contributed by atoms with E-state index in [9.17, 15) is 18.0 Å². The average Bonchev–Trinajstić information content (AvgIpc) is 2.68. The minimum atomic E-state index is -3.93. The number of benzene rings is 3. The second-order valence-electron chi connectivity index (χ2n) is 6.09. The van der Waals surface area contributed by atoms with Crippen molar-refractivity contribution in [3.05, 3.63) is 90.0 Å². The van der Waals surface area contributed by atoms with Gasteiger partial charge in [0.1, 0.15) is 0 Å². The van der Waals surface area contributed by atoms with Crippen LogP contribution in [-0.2, 0) is 10.0 Å². The van der Waals surface area contributed by atoms with Crippen molar-refractivity contribution in [3.63, 3.8) is 0 Å². The monoisotopic (exact) mass is 394 g/mol. The minimum absolute atomic E-state index is 0.0542. The zero-order valence-corrected chi connectivity index (χ0v) is 15.9. The van der Waals surface area contributed by atoms with Gasteiger partial charge in [-0.05, 0) is 49.4 Å². The summed E-state index contributed by atoms with van der Waals surface area (Å²) in [6.45, 7) is 1.41. The van der Waals surface area contributed by atoms with E-state index in [1.807, 2.05) is 6.07 Å². The van der Waals surface area contributed by atoms with Crippen molar-refractivity contribution in [2.24, 2.45) is 0 Å². The highest BCUT2D eigenvalue weighted by Gasteiger charge is 2.17. The van der Waals surface area contributed by atoms with Gasteiger partial charge in [-0.2, -0.15) is 0 Å². The lowest BCUT2D eigenvalue weighted by molar-refractivity contribution is 0.101. The molecule has 0 saturated carbocycles. The number of carbonyl (C=O) groups excluding carboxylic acids is 2. The summed E-state index contributed by atoms with van der Waals surface area (Å²) in [6.07, 6.45) is 0. The highest BCUT2D eigenvalue weighted by molar-refractivity contribution is 7.92. The van der Waals surface area contributed by atoms with Gasteiger partial charge >= 0.3 is 0 Å². The number of rotatable bonds is 6. The molecule has 0 heterocycles. The lowest BCUT2D eigenvalue weighted by atomic mass is 10.1. The summed E-state index contributed by atoms with van der Waals surface area (Å²) in [5.41, 5.74) is 1.49. The molecule has 0 radical (unpaired) electrons. The number of carbonyl (C=O) groups is 2. The van der Waals surface area contributed by atoms with Crippen LogP contribution in [-0.4, -0.2) is 20.1 Å². The molecule has 0 spiro atoms. The lowest BCUT2D eigenvalue weighted by Crippen LogP contribution is -2.16. The summed E-state index contributed by atoms with van der Waals surface area (Å²) in [4.78, 5) is 23.8. The van der Waals surface area contributed by atoms with Crippen molar-refractivity contribution in [2.75, 3.05) is 10.0 Å². The molecule has 6 nitrogen and oxygen atoms in total.